The van der Waals surface area contributed by atoms with E-state index in [4.69, 9.17) is 9.84 Å². The summed E-state index contributed by atoms with van der Waals surface area (Å²) in [5, 5.41) is 14.8. The van der Waals surface area contributed by atoms with Gasteiger partial charge in [0.25, 0.3) is 0 Å². The molecule has 7 heteroatoms. The van der Waals surface area contributed by atoms with Crippen molar-refractivity contribution in [3.8, 4) is 11.1 Å². The Balaban J connectivity index is 1.30. The van der Waals surface area contributed by atoms with Crippen molar-refractivity contribution in [1.82, 2.24) is 10.6 Å². The third kappa shape index (κ3) is 5.24. The second-order valence-corrected chi connectivity index (χ2v) is 9.95. The molecule has 0 aromatic heterocycles. The third-order valence-electron chi connectivity index (χ3n) is 6.90. The highest BCUT2D eigenvalue weighted by Crippen LogP contribution is 2.44. The predicted molar refractivity (Wildman–Crippen MR) is 128 cm³/mol. The van der Waals surface area contributed by atoms with Crippen molar-refractivity contribution in [2.24, 2.45) is 11.8 Å². The van der Waals surface area contributed by atoms with E-state index in [1.165, 1.54) is 11.1 Å². The van der Waals surface area contributed by atoms with Gasteiger partial charge in [0.2, 0.25) is 5.91 Å². The lowest BCUT2D eigenvalue weighted by atomic mass is 9.92. The van der Waals surface area contributed by atoms with E-state index in [0.717, 1.165) is 30.4 Å². The van der Waals surface area contributed by atoms with Crippen LogP contribution in [-0.4, -0.2) is 41.8 Å². The first-order valence-corrected chi connectivity index (χ1v) is 11.9. The summed E-state index contributed by atoms with van der Waals surface area (Å²) in [5.41, 5.74) is 3.85. The Kier molecular flexibility index (Phi) is 6.91. The monoisotopic (exact) mass is 464 g/mol. The molecule has 0 spiro atoms. The second-order valence-electron chi connectivity index (χ2n) is 9.95. The number of carbonyl (C=O) groups is 3. The van der Waals surface area contributed by atoms with Gasteiger partial charge in [-0.1, -0.05) is 55.0 Å². The molecule has 2 amide bonds. The molecule has 0 saturated heterocycles. The fraction of sp³-hybridized carbons (Fsp3) is 0.444. The summed E-state index contributed by atoms with van der Waals surface area (Å²) in [6.07, 6.45) is 1.83. The average molecular weight is 465 g/mol. The van der Waals surface area contributed by atoms with E-state index in [-0.39, 0.29) is 36.7 Å². The number of carboxylic acids is 1. The maximum absolute atomic E-state index is 12.8. The van der Waals surface area contributed by atoms with E-state index >= 15 is 0 Å². The zero-order chi connectivity index (χ0) is 24.3. The number of carboxylic acid groups (broad SMARTS) is 1. The topological polar surface area (TPSA) is 105 Å². The van der Waals surface area contributed by atoms with Crippen molar-refractivity contribution in [2.45, 2.75) is 51.0 Å². The molecule has 1 fully saturated rings. The lowest BCUT2D eigenvalue weighted by Crippen LogP contribution is -2.48. The SMILES string of the molecule is CC(C)(CC(=O)O)NC(=O)[C@@H]1CCC[C@@H]1CNC(=O)OCC1c2ccccc2-c2ccccc21. The summed E-state index contributed by atoms with van der Waals surface area (Å²) in [5.74, 6) is -1.35. The molecule has 2 aromatic rings. The van der Waals surface area contributed by atoms with Crippen LogP contribution in [0.4, 0.5) is 4.79 Å². The largest absolute Gasteiger partial charge is 0.481 e. The summed E-state index contributed by atoms with van der Waals surface area (Å²) < 4.78 is 5.60. The summed E-state index contributed by atoms with van der Waals surface area (Å²) in [7, 11) is 0. The number of hydrogen-bond acceptors (Lipinski definition) is 4. The Labute approximate surface area is 199 Å². The molecule has 2 atom stereocenters. The zero-order valence-corrected chi connectivity index (χ0v) is 19.7. The van der Waals surface area contributed by atoms with Crippen LogP contribution in [0, 0.1) is 11.8 Å². The minimum Gasteiger partial charge on any atom is -0.481 e. The van der Waals surface area contributed by atoms with Crippen LogP contribution in [-0.2, 0) is 14.3 Å². The first-order valence-electron chi connectivity index (χ1n) is 11.9. The molecule has 2 aromatic carbocycles. The first-order chi connectivity index (χ1) is 16.2. The van der Waals surface area contributed by atoms with E-state index in [9.17, 15) is 14.4 Å². The molecule has 4 rings (SSSR count). The fourth-order valence-corrected chi connectivity index (χ4v) is 5.34. The minimum atomic E-state index is -0.954. The summed E-state index contributed by atoms with van der Waals surface area (Å²) in [6, 6.07) is 16.4. The highest BCUT2D eigenvalue weighted by atomic mass is 16.5. The Bertz CT molecular complexity index is 1030. The molecule has 2 aliphatic rings. The molecule has 0 aliphatic heterocycles. The standard InChI is InChI=1S/C27H32N2O5/c1-27(2,14-24(30)31)29-25(32)18-13-7-8-17(18)15-28-26(33)34-16-23-21-11-5-3-9-19(21)20-10-4-6-12-22(20)23/h3-6,9-12,17-18,23H,7-8,13-16H2,1-2H3,(H,28,33)(H,29,32)(H,30,31)/t17-,18-/m1/s1. The smallest absolute Gasteiger partial charge is 0.407 e. The summed E-state index contributed by atoms with van der Waals surface area (Å²) >= 11 is 0. The number of carbonyl (C=O) groups excluding carboxylic acids is 2. The second kappa shape index (κ2) is 9.87. The Hall–Kier alpha value is -3.35. The Morgan fingerprint density at radius 3 is 2.24 bits per heavy atom. The van der Waals surface area contributed by atoms with Gasteiger partial charge < -0.3 is 20.5 Å². The predicted octanol–water partition coefficient (Wildman–Crippen LogP) is 4.31. The number of benzene rings is 2. The van der Waals surface area contributed by atoms with Crippen molar-refractivity contribution in [3.05, 3.63) is 59.7 Å². The number of nitrogens with one attached hydrogen (secondary N) is 2. The van der Waals surface area contributed by atoms with E-state index in [1.807, 2.05) is 24.3 Å². The molecule has 0 heterocycles. The van der Waals surface area contributed by atoms with Gasteiger partial charge in [0.15, 0.2) is 0 Å². The van der Waals surface area contributed by atoms with Crippen LogP contribution in [0.15, 0.2) is 48.5 Å². The van der Waals surface area contributed by atoms with Crippen LogP contribution in [0.3, 0.4) is 0 Å². The minimum absolute atomic E-state index is 0.000349. The maximum Gasteiger partial charge on any atom is 0.407 e. The molecular weight excluding hydrogens is 432 g/mol. The molecule has 0 bridgehead atoms. The Morgan fingerprint density at radius 1 is 1.00 bits per heavy atom. The van der Waals surface area contributed by atoms with Gasteiger partial charge in [0, 0.05) is 23.9 Å². The van der Waals surface area contributed by atoms with Crippen LogP contribution in [0.25, 0.3) is 11.1 Å². The third-order valence-corrected chi connectivity index (χ3v) is 6.90. The highest BCUT2D eigenvalue weighted by Gasteiger charge is 2.36. The van der Waals surface area contributed by atoms with Crippen molar-refractivity contribution in [2.75, 3.05) is 13.2 Å². The van der Waals surface area contributed by atoms with Crippen molar-refractivity contribution in [1.29, 1.82) is 0 Å². The van der Waals surface area contributed by atoms with E-state index in [0.29, 0.717) is 6.54 Å². The van der Waals surface area contributed by atoms with Crippen LogP contribution in [0.5, 0.6) is 0 Å². The maximum atomic E-state index is 12.8. The Morgan fingerprint density at radius 2 is 1.62 bits per heavy atom. The lowest BCUT2D eigenvalue weighted by molar-refractivity contribution is -0.139. The zero-order valence-electron chi connectivity index (χ0n) is 19.7. The van der Waals surface area contributed by atoms with Crippen LogP contribution in [0.1, 0.15) is 56.6 Å². The van der Waals surface area contributed by atoms with E-state index < -0.39 is 17.6 Å². The van der Waals surface area contributed by atoms with Gasteiger partial charge in [-0.2, -0.15) is 0 Å². The number of fused-ring (bicyclic) bond motifs is 3. The molecule has 0 radical (unpaired) electrons. The van der Waals surface area contributed by atoms with Gasteiger partial charge in [-0.3, -0.25) is 9.59 Å². The quantitative estimate of drug-likeness (QED) is 0.540. The lowest BCUT2D eigenvalue weighted by Gasteiger charge is -2.28. The van der Waals surface area contributed by atoms with Crippen LogP contribution < -0.4 is 10.6 Å². The number of ether oxygens (including phenoxy) is 1. The highest BCUT2D eigenvalue weighted by molar-refractivity contribution is 5.81. The van der Waals surface area contributed by atoms with E-state index in [1.54, 1.807) is 13.8 Å². The van der Waals surface area contributed by atoms with Crippen molar-refractivity contribution >= 4 is 18.0 Å². The molecule has 2 aliphatic carbocycles. The molecule has 3 N–H and O–H groups in total. The number of rotatable bonds is 8. The summed E-state index contributed by atoms with van der Waals surface area (Å²) in [6.45, 7) is 4.02. The van der Waals surface area contributed by atoms with E-state index in [2.05, 4.69) is 34.9 Å². The number of hydrogen-bond donors (Lipinski definition) is 3. The molecule has 0 unspecified atom stereocenters. The summed E-state index contributed by atoms with van der Waals surface area (Å²) in [4.78, 5) is 36.3. The van der Waals surface area contributed by atoms with Gasteiger partial charge >= 0.3 is 12.1 Å². The van der Waals surface area contributed by atoms with Gasteiger partial charge in [-0.25, -0.2) is 4.79 Å². The molecule has 7 nitrogen and oxygen atoms in total. The molecule has 180 valence electrons. The fourth-order valence-electron chi connectivity index (χ4n) is 5.34. The first kappa shape index (κ1) is 23.8. The van der Waals surface area contributed by atoms with Crippen molar-refractivity contribution < 1.29 is 24.2 Å². The normalized spacial score (nSPS) is 19.2. The van der Waals surface area contributed by atoms with Gasteiger partial charge in [0.05, 0.1) is 6.42 Å². The average Bonchev–Trinajstić information content (AvgIpc) is 3.38. The molecule has 34 heavy (non-hydrogen) atoms. The number of aliphatic carboxylic acids is 1. The van der Waals surface area contributed by atoms with Gasteiger partial charge in [-0.05, 0) is 54.9 Å². The molecule has 1 saturated carbocycles. The molecular formula is C27H32N2O5. The van der Waals surface area contributed by atoms with Crippen LogP contribution >= 0.6 is 0 Å². The number of amides is 2. The van der Waals surface area contributed by atoms with Crippen LogP contribution in [0.2, 0.25) is 0 Å². The van der Waals surface area contributed by atoms with Crippen molar-refractivity contribution in [3.63, 3.8) is 0 Å². The van der Waals surface area contributed by atoms with Gasteiger partial charge in [-0.15, -0.1) is 0 Å². The van der Waals surface area contributed by atoms with Gasteiger partial charge in [0.1, 0.15) is 6.61 Å². The number of alkyl carbamates (subject to hydrolysis) is 1.